The number of rotatable bonds is 3. The number of carbonyl (C=O) groups excluding carboxylic acids is 1. The molecule has 1 aromatic rings. The van der Waals surface area contributed by atoms with Crippen molar-refractivity contribution in [2.45, 2.75) is 99.9 Å². The lowest BCUT2D eigenvalue weighted by atomic mass is 9.52. The van der Waals surface area contributed by atoms with Crippen molar-refractivity contribution in [3.05, 3.63) is 24.0 Å². The number of aromatic nitrogens is 1. The van der Waals surface area contributed by atoms with Crippen LogP contribution in [0.3, 0.4) is 0 Å². The summed E-state index contributed by atoms with van der Waals surface area (Å²) in [7, 11) is 0. The van der Waals surface area contributed by atoms with Gasteiger partial charge in [0, 0.05) is 18.0 Å². The molecule has 6 aliphatic rings. The second kappa shape index (κ2) is 5.96. The molecule has 6 fully saturated rings. The Labute approximate surface area is 202 Å². The number of hydrogen-bond acceptors (Lipinski definition) is 9. The third-order valence-corrected chi connectivity index (χ3v) is 11.3. The maximum absolute atomic E-state index is 13.2. The molecule has 0 radical (unpaired) electrons. The Morgan fingerprint density at radius 3 is 2.43 bits per heavy atom. The van der Waals surface area contributed by atoms with E-state index in [9.17, 15) is 35.4 Å². The largest absolute Gasteiger partial charge is 0.451 e. The third kappa shape index (κ3) is 1.74. The first-order valence-electron chi connectivity index (χ1n) is 12.4. The number of esters is 1. The zero-order valence-corrected chi connectivity index (χ0v) is 20.6. The summed E-state index contributed by atoms with van der Waals surface area (Å²) in [5.74, 6) is -4.34. The lowest BCUT2D eigenvalue weighted by Crippen LogP contribution is -2.75. The number of aliphatic hydroxyl groups excluding tert-OH is 1. The Morgan fingerprint density at radius 1 is 1.20 bits per heavy atom. The molecule has 4 saturated carbocycles. The Hall–Kier alpha value is -1.53. The van der Waals surface area contributed by atoms with Gasteiger partial charge in [0.2, 0.25) is 0 Å². The minimum atomic E-state index is -2.59. The molecule has 1 aromatic heterocycles. The van der Waals surface area contributed by atoms with Gasteiger partial charge in [-0.1, -0.05) is 27.7 Å². The van der Waals surface area contributed by atoms with Gasteiger partial charge in [-0.05, 0) is 43.7 Å². The van der Waals surface area contributed by atoms with E-state index in [-0.39, 0.29) is 18.5 Å². The number of nitrogens with one attached hydrogen (secondary N) is 1. The van der Waals surface area contributed by atoms with E-state index in [0.29, 0.717) is 6.42 Å². The molecule has 0 unspecified atom stereocenters. The monoisotopic (exact) mass is 493 g/mol. The molecular weight excluding hydrogens is 458 g/mol. The van der Waals surface area contributed by atoms with Crippen LogP contribution in [-0.2, 0) is 9.47 Å². The Bertz CT molecular complexity index is 1130. The molecule has 6 bridgehead atoms. The zero-order valence-electron chi connectivity index (χ0n) is 20.6. The number of aromatic amines is 1. The lowest BCUT2D eigenvalue weighted by Gasteiger charge is -2.60. The number of H-pyrrole nitrogens is 1. The van der Waals surface area contributed by atoms with Gasteiger partial charge in [-0.3, -0.25) is 0 Å². The van der Waals surface area contributed by atoms with Crippen LogP contribution in [0.5, 0.6) is 0 Å². The van der Waals surface area contributed by atoms with Crippen molar-refractivity contribution >= 4 is 5.97 Å². The van der Waals surface area contributed by atoms with Gasteiger partial charge in [0.05, 0.1) is 11.5 Å². The van der Waals surface area contributed by atoms with Crippen LogP contribution in [0.15, 0.2) is 18.3 Å². The molecule has 35 heavy (non-hydrogen) atoms. The number of carbonyl (C=O) groups is 1. The average Bonchev–Trinajstić information content (AvgIpc) is 3.41. The smallest absolute Gasteiger partial charge is 0.355 e. The number of ether oxygens (including phenoxy) is 2. The average molecular weight is 494 g/mol. The molecule has 0 amide bonds. The maximum atomic E-state index is 13.2. The Balaban J connectivity index is 1.69. The van der Waals surface area contributed by atoms with Gasteiger partial charge >= 0.3 is 5.97 Å². The highest BCUT2D eigenvalue weighted by atomic mass is 16.7. The summed E-state index contributed by atoms with van der Waals surface area (Å²) in [4.78, 5) is 15.9. The highest BCUT2D eigenvalue weighted by molar-refractivity contribution is 5.87. The van der Waals surface area contributed by atoms with Gasteiger partial charge in [-0.2, -0.15) is 0 Å². The van der Waals surface area contributed by atoms with Gasteiger partial charge in [0.25, 0.3) is 0 Å². The first kappa shape index (κ1) is 23.8. The molecule has 11 atom stereocenters. The minimum absolute atomic E-state index is 0.0654. The van der Waals surface area contributed by atoms with Crippen LogP contribution in [0.25, 0.3) is 0 Å². The van der Waals surface area contributed by atoms with E-state index in [1.807, 2.05) is 0 Å². The summed E-state index contributed by atoms with van der Waals surface area (Å²) >= 11 is 0. The highest BCUT2D eigenvalue weighted by Gasteiger charge is 3.10. The Morgan fingerprint density at radius 2 is 1.86 bits per heavy atom. The standard InChI is InChI=1S/C25H35NO9/c1-12(2)22(31)17(34-16(28)14-7-6-10-26-14)23(32)18(4)11-21(30)19(22,5)25(23,33)24(35-21)15(27)13(3)8-9-20(18,24)29/h6-7,10,12-13,15,17,26-27,29-33H,8-9,11H2,1-5H3/t13-,15-,17+,18-,19+,20-,21-,22+,23+,24+,25+/m0/s1. The molecule has 4 aliphatic carbocycles. The Kier molecular flexibility index (Phi) is 4.06. The molecule has 2 saturated heterocycles. The van der Waals surface area contributed by atoms with Crippen molar-refractivity contribution in [1.82, 2.24) is 4.98 Å². The number of hydrogen-bond donors (Lipinski definition) is 7. The van der Waals surface area contributed by atoms with Crippen LogP contribution >= 0.6 is 0 Å². The summed E-state index contributed by atoms with van der Waals surface area (Å²) in [6.07, 6.45) is -1.63. The van der Waals surface area contributed by atoms with E-state index in [0.717, 1.165) is 0 Å². The lowest BCUT2D eigenvalue weighted by molar-refractivity contribution is -0.390. The van der Waals surface area contributed by atoms with Gasteiger partial charge in [0.1, 0.15) is 28.1 Å². The second-order valence-corrected chi connectivity index (χ2v) is 12.4. The maximum Gasteiger partial charge on any atom is 0.355 e. The first-order chi connectivity index (χ1) is 16.0. The van der Waals surface area contributed by atoms with E-state index >= 15 is 0 Å². The fraction of sp³-hybridized carbons (Fsp3) is 0.800. The van der Waals surface area contributed by atoms with Gasteiger partial charge in [-0.25, -0.2) is 4.79 Å². The summed E-state index contributed by atoms with van der Waals surface area (Å²) in [5.41, 5.74) is -15.2. The fourth-order valence-electron chi connectivity index (χ4n) is 9.56. The molecule has 10 nitrogen and oxygen atoms in total. The van der Waals surface area contributed by atoms with Crippen LogP contribution in [0, 0.1) is 22.7 Å². The second-order valence-electron chi connectivity index (χ2n) is 12.4. The van der Waals surface area contributed by atoms with Crippen molar-refractivity contribution in [3.8, 4) is 0 Å². The van der Waals surface area contributed by atoms with Crippen LogP contribution in [0.4, 0.5) is 0 Å². The molecule has 0 aromatic carbocycles. The molecular formula is C25H35NO9. The quantitative estimate of drug-likeness (QED) is 0.282. The summed E-state index contributed by atoms with van der Waals surface area (Å²) in [5, 5.41) is 73.9. The molecule has 7 rings (SSSR count). The van der Waals surface area contributed by atoms with Crippen molar-refractivity contribution in [2.75, 3.05) is 0 Å². The normalized spacial score (nSPS) is 59.8. The van der Waals surface area contributed by atoms with Gasteiger partial charge in [-0.15, -0.1) is 0 Å². The first-order valence-corrected chi connectivity index (χ1v) is 12.4. The van der Waals surface area contributed by atoms with Crippen LogP contribution in [0.2, 0.25) is 0 Å². The minimum Gasteiger partial charge on any atom is -0.451 e. The highest BCUT2D eigenvalue weighted by Crippen LogP contribution is 2.90. The van der Waals surface area contributed by atoms with Crippen LogP contribution in [0.1, 0.15) is 64.4 Å². The van der Waals surface area contributed by atoms with Crippen LogP contribution < -0.4 is 0 Å². The summed E-state index contributed by atoms with van der Waals surface area (Å²) in [6, 6.07) is 3.06. The van der Waals surface area contributed by atoms with Gasteiger partial charge < -0.3 is 45.1 Å². The molecule has 10 heteroatoms. The van der Waals surface area contributed by atoms with Gasteiger partial charge in [0.15, 0.2) is 17.5 Å². The molecule has 194 valence electrons. The fourth-order valence-corrected chi connectivity index (χ4v) is 9.56. The topological polar surface area (TPSA) is 173 Å². The molecule has 3 heterocycles. The van der Waals surface area contributed by atoms with E-state index in [1.54, 1.807) is 26.8 Å². The predicted molar refractivity (Wildman–Crippen MR) is 119 cm³/mol. The van der Waals surface area contributed by atoms with Crippen molar-refractivity contribution in [3.63, 3.8) is 0 Å². The van der Waals surface area contributed by atoms with Crippen molar-refractivity contribution in [2.24, 2.45) is 22.7 Å². The van der Waals surface area contributed by atoms with Crippen molar-refractivity contribution < 1.29 is 44.9 Å². The zero-order chi connectivity index (χ0) is 25.8. The van der Waals surface area contributed by atoms with E-state index < -0.39 is 74.6 Å². The molecule has 1 spiro atoms. The van der Waals surface area contributed by atoms with Crippen LogP contribution in [-0.4, -0.2) is 87.6 Å². The third-order valence-electron chi connectivity index (χ3n) is 11.3. The number of aliphatic hydroxyl groups is 6. The van der Waals surface area contributed by atoms with Crippen molar-refractivity contribution in [1.29, 1.82) is 0 Å². The summed E-state index contributed by atoms with van der Waals surface area (Å²) < 4.78 is 12.1. The van der Waals surface area contributed by atoms with E-state index in [4.69, 9.17) is 9.47 Å². The molecule has 2 aliphatic heterocycles. The summed E-state index contributed by atoms with van der Waals surface area (Å²) in [6.45, 7) is 7.91. The molecule has 7 N–H and O–H groups in total. The van der Waals surface area contributed by atoms with E-state index in [2.05, 4.69) is 4.98 Å². The predicted octanol–water partition coefficient (Wildman–Crippen LogP) is -0.188. The van der Waals surface area contributed by atoms with E-state index in [1.165, 1.54) is 26.1 Å². The SMILES string of the molecule is CC(C)[C@@]1(O)[C@@H](OC(=O)c2ccc[nH]2)[C@@]2(O)[C@@]3(C)C[C@]4(O)O[C@@]5([C@@H](O)[C@@H](C)CC[C@]35O)[C@@]2(O)[C@@]14C.